The van der Waals surface area contributed by atoms with Crippen LogP contribution < -0.4 is 11.2 Å². The van der Waals surface area contributed by atoms with E-state index in [2.05, 4.69) is 46.3 Å². The minimum Gasteiger partial charge on any atom is -0.378 e. The van der Waals surface area contributed by atoms with Gasteiger partial charge in [-0.3, -0.25) is 14.3 Å². The van der Waals surface area contributed by atoms with E-state index in [4.69, 9.17) is 14.2 Å². The summed E-state index contributed by atoms with van der Waals surface area (Å²) in [5.74, 6) is 0. The van der Waals surface area contributed by atoms with Crippen molar-refractivity contribution in [1.29, 1.82) is 0 Å². The van der Waals surface area contributed by atoms with Crippen LogP contribution in [0.2, 0.25) is 0 Å². The highest BCUT2D eigenvalue weighted by molar-refractivity contribution is 5.47. The van der Waals surface area contributed by atoms with Crippen LogP contribution in [-0.2, 0) is 19.8 Å². The SMILES string of the molecule is O=c1ccn([C@@H]2O[C@H](COC(c3ccccc3)(c3ccccc3)c3ccccc3)C=C2N2CCOCC2)c(=O)[nH]1. The molecule has 0 amide bonds. The van der Waals surface area contributed by atoms with E-state index in [0.29, 0.717) is 26.3 Å². The Balaban J connectivity index is 1.39. The van der Waals surface area contributed by atoms with Gasteiger partial charge in [-0.15, -0.1) is 0 Å². The number of ether oxygens (including phenoxy) is 3. The van der Waals surface area contributed by atoms with Gasteiger partial charge < -0.3 is 19.1 Å². The molecule has 0 bridgehead atoms. The van der Waals surface area contributed by atoms with E-state index < -0.39 is 29.2 Å². The molecular weight excluding hydrogens is 506 g/mol. The number of rotatable bonds is 8. The Bertz CT molecular complexity index is 1460. The van der Waals surface area contributed by atoms with E-state index in [9.17, 15) is 9.59 Å². The molecule has 8 heteroatoms. The Hall–Kier alpha value is -4.24. The number of benzene rings is 3. The molecule has 6 rings (SSSR count). The van der Waals surface area contributed by atoms with E-state index in [-0.39, 0.29) is 6.61 Å². The predicted molar refractivity (Wildman–Crippen MR) is 151 cm³/mol. The van der Waals surface area contributed by atoms with Crippen molar-refractivity contribution in [3.63, 3.8) is 0 Å². The largest absolute Gasteiger partial charge is 0.378 e. The number of H-pyrrole nitrogens is 1. The fraction of sp³-hybridized carbons (Fsp3) is 0.250. The number of nitrogens with zero attached hydrogens (tertiary/aromatic N) is 2. The first-order valence-corrected chi connectivity index (χ1v) is 13.5. The van der Waals surface area contributed by atoms with E-state index in [1.165, 1.54) is 16.8 Å². The molecule has 0 unspecified atom stereocenters. The molecule has 4 aromatic rings. The summed E-state index contributed by atoms with van der Waals surface area (Å²) in [6, 6.07) is 31.9. The second-order valence-corrected chi connectivity index (χ2v) is 9.83. The summed E-state index contributed by atoms with van der Waals surface area (Å²) in [5, 5.41) is 0. The van der Waals surface area contributed by atoms with Gasteiger partial charge in [-0.2, -0.15) is 0 Å². The van der Waals surface area contributed by atoms with Crippen LogP contribution in [0.25, 0.3) is 0 Å². The Kier molecular flexibility index (Phi) is 7.46. The third-order valence-corrected chi connectivity index (χ3v) is 7.40. The van der Waals surface area contributed by atoms with Crippen LogP contribution in [0, 0.1) is 0 Å². The standard InChI is InChI=1S/C32H31N3O5/c36-29-16-17-35(31(37)33-29)30-28(34-18-20-38-21-19-34)22-27(40-30)23-39-32(24-10-4-1-5-11-24,25-12-6-2-7-13-25)26-14-8-3-9-15-26/h1-17,22,27,30H,18-21,23H2,(H,33,36,37)/t27-,30+/m0/s1. The second-order valence-electron chi connectivity index (χ2n) is 9.83. The normalized spacial score (nSPS) is 19.4. The van der Waals surface area contributed by atoms with Gasteiger partial charge in [0.15, 0.2) is 6.23 Å². The second kappa shape index (κ2) is 11.5. The van der Waals surface area contributed by atoms with Crippen LogP contribution >= 0.6 is 0 Å². The maximum Gasteiger partial charge on any atom is 0.330 e. The van der Waals surface area contributed by atoms with Gasteiger partial charge in [0.25, 0.3) is 5.56 Å². The average Bonchev–Trinajstić information content (AvgIpc) is 3.43. The Morgan fingerprint density at radius 1 is 0.800 bits per heavy atom. The van der Waals surface area contributed by atoms with E-state index in [1.807, 2.05) is 60.7 Å². The third-order valence-electron chi connectivity index (χ3n) is 7.40. The highest BCUT2D eigenvalue weighted by Gasteiger charge is 2.40. The van der Waals surface area contributed by atoms with Crippen LogP contribution in [0.5, 0.6) is 0 Å². The first kappa shape index (κ1) is 26.0. The van der Waals surface area contributed by atoms with E-state index in [1.54, 1.807) is 0 Å². The van der Waals surface area contributed by atoms with Crippen LogP contribution in [0.1, 0.15) is 22.9 Å². The lowest BCUT2D eigenvalue weighted by atomic mass is 9.80. The zero-order valence-electron chi connectivity index (χ0n) is 22.0. The van der Waals surface area contributed by atoms with Crippen molar-refractivity contribution in [2.75, 3.05) is 32.9 Å². The molecule has 1 saturated heterocycles. The topological polar surface area (TPSA) is 85.8 Å². The minimum absolute atomic E-state index is 0.223. The van der Waals surface area contributed by atoms with Crippen molar-refractivity contribution in [3.05, 3.63) is 153 Å². The fourth-order valence-electron chi connectivity index (χ4n) is 5.51. The molecule has 0 radical (unpaired) electrons. The molecule has 3 aromatic carbocycles. The van der Waals surface area contributed by atoms with Crippen LogP contribution in [0.3, 0.4) is 0 Å². The smallest absolute Gasteiger partial charge is 0.330 e. The van der Waals surface area contributed by atoms with Crippen molar-refractivity contribution >= 4 is 0 Å². The van der Waals surface area contributed by atoms with Crippen molar-refractivity contribution < 1.29 is 14.2 Å². The Morgan fingerprint density at radius 3 is 1.88 bits per heavy atom. The number of aromatic nitrogens is 2. The molecule has 0 spiro atoms. The summed E-state index contributed by atoms with van der Waals surface area (Å²) in [6.45, 7) is 2.76. The molecule has 40 heavy (non-hydrogen) atoms. The Labute approximate surface area is 232 Å². The quantitative estimate of drug-likeness (QED) is 0.346. The monoisotopic (exact) mass is 537 g/mol. The molecule has 204 valence electrons. The van der Waals surface area contributed by atoms with Crippen LogP contribution in [0.4, 0.5) is 0 Å². The van der Waals surface area contributed by atoms with Crippen molar-refractivity contribution in [2.24, 2.45) is 0 Å². The number of morpholine rings is 1. The van der Waals surface area contributed by atoms with Gasteiger partial charge >= 0.3 is 5.69 Å². The summed E-state index contributed by atoms with van der Waals surface area (Å²) in [5.41, 5.74) is 1.98. The summed E-state index contributed by atoms with van der Waals surface area (Å²) in [7, 11) is 0. The summed E-state index contributed by atoms with van der Waals surface area (Å²) in [4.78, 5) is 29.0. The first-order valence-electron chi connectivity index (χ1n) is 13.5. The Morgan fingerprint density at radius 2 is 1.35 bits per heavy atom. The summed E-state index contributed by atoms with van der Waals surface area (Å²) >= 11 is 0. The van der Waals surface area contributed by atoms with Gasteiger partial charge in [-0.25, -0.2) is 4.79 Å². The molecule has 1 aromatic heterocycles. The van der Waals surface area contributed by atoms with Gasteiger partial charge in [0, 0.05) is 25.4 Å². The maximum absolute atomic E-state index is 12.8. The number of aromatic amines is 1. The molecule has 8 nitrogen and oxygen atoms in total. The van der Waals surface area contributed by atoms with Crippen LogP contribution in [-0.4, -0.2) is 53.5 Å². The molecule has 2 aliphatic rings. The maximum atomic E-state index is 12.8. The molecule has 2 atom stereocenters. The minimum atomic E-state index is -0.896. The molecule has 0 saturated carbocycles. The van der Waals surface area contributed by atoms with Gasteiger partial charge in [0.1, 0.15) is 11.7 Å². The number of hydrogen-bond acceptors (Lipinski definition) is 6. The first-order chi connectivity index (χ1) is 19.6. The predicted octanol–water partition coefficient (Wildman–Crippen LogP) is 3.66. The van der Waals surface area contributed by atoms with Crippen molar-refractivity contribution in [2.45, 2.75) is 17.9 Å². The number of nitrogens with one attached hydrogen (secondary N) is 1. The van der Waals surface area contributed by atoms with Crippen molar-refractivity contribution in [3.8, 4) is 0 Å². The van der Waals surface area contributed by atoms with Gasteiger partial charge in [-0.05, 0) is 22.8 Å². The highest BCUT2D eigenvalue weighted by Crippen LogP contribution is 2.41. The lowest BCUT2D eigenvalue weighted by molar-refractivity contribution is -0.0758. The molecular formula is C32H31N3O5. The summed E-state index contributed by atoms with van der Waals surface area (Å²) in [6.07, 6.45) is 2.36. The lowest BCUT2D eigenvalue weighted by Gasteiger charge is -2.36. The molecule has 2 aliphatic heterocycles. The molecule has 3 heterocycles. The zero-order valence-corrected chi connectivity index (χ0v) is 22.0. The zero-order chi connectivity index (χ0) is 27.4. The van der Waals surface area contributed by atoms with Gasteiger partial charge in [-0.1, -0.05) is 91.0 Å². The summed E-state index contributed by atoms with van der Waals surface area (Å²) < 4.78 is 20.4. The molecule has 1 fully saturated rings. The van der Waals surface area contributed by atoms with E-state index >= 15 is 0 Å². The number of hydrogen-bond donors (Lipinski definition) is 1. The van der Waals surface area contributed by atoms with Gasteiger partial charge in [0.05, 0.1) is 25.5 Å². The highest BCUT2D eigenvalue weighted by atomic mass is 16.6. The fourth-order valence-corrected chi connectivity index (χ4v) is 5.51. The molecule has 1 N–H and O–H groups in total. The average molecular weight is 538 g/mol. The van der Waals surface area contributed by atoms with E-state index in [0.717, 1.165) is 22.4 Å². The lowest BCUT2D eigenvalue weighted by Crippen LogP contribution is -2.40. The van der Waals surface area contributed by atoms with Crippen LogP contribution in [0.15, 0.2) is 125 Å². The molecule has 0 aliphatic carbocycles. The van der Waals surface area contributed by atoms with Crippen molar-refractivity contribution in [1.82, 2.24) is 14.5 Å². The third kappa shape index (κ3) is 5.04. The van der Waals surface area contributed by atoms with Gasteiger partial charge in [0.2, 0.25) is 0 Å².